The Balaban J connectivity index is 2.09. The average molecular weight is 193 g/mol. The molecule has 1 fully saturated rings. The van der Waals surface area contributed by atoms with Gasteiger partial charge in [-0.2, -0.15) is 0 Å². The van der Waals surface area contributed by atoms with Crippen LogP contribution in [0.25, 0.3) is 0 Å². The van der Waals surface area contributed by atoms with Crippen molar-refractivity contribution in [3.8, 4) is 5.88 Å². The molecule has 1 aromatic heterocycles. The molecule has 2 heterocycles. The predicted molar refractivity (Wildman–Crippen MR) is 49.5 cm³/mol. The van der Waals surface area contributed by atoms with Gasteiger partial charge in [0.2, 0.25) is 5.88 Å². The number of ether oxygens (including phenoxy) is 2. The third-order valence-corrected chi connectivity index (χ3v) is 2.04. The van der Waals surface area contributed by atoms with Crippen molar-refractivity contribution in [1.29, 1.82) is 0 Å². The van der Waals surface area contributed by atoms with Gasteiger partial charge in [0, 0.05) is 17.8 Å². The molecule has 2 rings (SSSR count). The van der Waals surface area contributed by atoms with Crippen LogP contribution in [0.2, 0.25) is 0 Å². The fourth-order valence-electron chi connectivity index (χ4n) is 1.15. The summed E-state index contributed by atoms with van der Waals surface area (Å²) in [6.07, 6.45) is 1.66. The molecule has 0 saturated carbocycles. The Morgan fingerprint density at radius 2 is 2.43 bits per heavy atom. The highest BCUT2D eigenvalue weighted by molar-refractivity contribution is 5.94. The Kier molecular flexibility index (Phi) is 2.45. The molecule has 0 aromatic carbocycles. The highest BCUT2D eigenvalue weighted by atomic mass is 16.6. The minimum atomic E-state index is 0.0158. The molecule has 1 aromatic rings. The molecule has 1 saturated heterocycles. The van der Waals surface area contributed by atoms with Gasteiger partial charge in [-0.1, -0.05) is 0 Å². The van der Waals surface area contributed by atoms with Crippen LogP contribution in [0.4, 0.5) is 0 Å². The van der Waals surface area contributed by atoms with Crippen molar-refractivity contribution >= 4 is 5.78 Å². The molecular weight excluding hydrogens is 182 g/mol. The summed E-state index contributed by atoms with van der Waals surface area (Å²) in [5.41, 5.74) is 0.621. The normalized spacial score (nSPS) is 16.1. The third kappa shape index (κ3) is 1.90. The number of hydrogen-bond acceptors (Lipinski definition) is 4. The van der Waals surface area contributed by atoms with Crippen LogP contribution in [0, 0.1) is 0 Å². The summed E-state index contributed by atoms with van der Waals surface area (Å²) in [4.78, 5) is 15.1. The summed E-state index contributed by atoms with van der Waals surface area (Å²) in [6, 6.07) is 3.33. The zero-order valence-electron chi connectivity index (χ0n) is 7.90. The van der Waals surface area contributed by atoms with Gasteiger partial charge in [0.25, 0.3) is 0 Å². The van der Waals surface area contributed by atoms with Gasteiger partial charge >= 0.3 is 0 Å². The molecule has 0 bridgehead atoms. The van der Waals surface area contributed by atoms with Crippen molar-refractivity contribution in [2.24, 2.45) is 0 Å². The Morgan fingerprint density at radius 1 is 1.64 bits per heavy atom. The molecule has 4 heteroatoms. The number of aromatic nitrogens is 1. The van der Waals surface area contributed by atoms with Crippen molar-refractivity contribution in [2.75, 3.05) is 13.2 Å². The van der Waals surface area contributed by atoms with Crippen molar-refractivity contribution in [2.45, 2.75) is 13.0 Å². The molecular formula is C10H11NO3. The number of carbonyl (C=O) groups excluding carboxylic acids is 1. The van der Waals surface area contributed by atoms with Crippen LogP contribution >= 0.6 is 0 Å². The Labute approximate surface area is 81.9 Å². The zero-order valence-corrected chi connectivity index (χ0v) is 7.90. The first kappa shape index (κ1) is 9.15. The van der Waals surface area contributed by atoms with Gasteiger partial charge in [0.05, 0.1) is 13.2 Å². The molecule has 0 radical (unpaired) electrons. The summed E-state index contributed by atoms with van der Waals surface area (Å²) in [6.45, 7) is 2.73. The predicted octanol–water partition coefficient (Wildman–Crippen LogP) is 1.06. The topological polar surface area (TPSA) is 48.4 Å². The van der Waals surface area contributed by atoms with Crippen LogP contribution < -0.4 is 4.74 Å². The second-order valence-electron chi connectivity index (χ2n) is 3.22. The van der Waals surface area contributed by atoms with E-state index >= 15 is 0 Å². The van der Waals surface area contributed by atoms with E-state index < -0.39 is 0 Å². The smallest absolute Gasteiger partial charge is 0.214 e. The van der Waals surface area contributed by atoms with E-state index in [4.69, 9.17) is 9.47 Å². The number of pyridine rings is 1. The molecule has 0 spiro atoms. The highest BCUT2D eigenvalue weighted by Gasteiger charge is 2.20. The minimum Gasteiger partial charge on any atom is -0.469 e. The SMILES string of the molecule is CC(=O)c1ccnc(OC2COC2)c1. The minimum absolute atomic E-state index is 0.0158. The average Bonchev–Trinajstić information content (AvgIpc) is 2.12. The molecule has 74 valence electrons. The first-order valence-corrected chi connectivity index (χ1v) is 4.47. The lowest BCUT2D eigenvalue weighted by Crippen LogP contribution is -2.38. The van der Waals surface area contributed by atoms with Crippen LogP contribution in [-0.4, -0.2) is 30.1 Å². The molecule has 1 aliphatic rings. The van der Waals surface area contributed by atoms with E-state index in [9.17, 15) is 4.79 Å². The van der Waals surface area contributed by atoms with Crippen LogP contribution in [0.15, 0.2) is 18.3 Å². The first-order chi connectivity index (χ1) is 6.75. The Bertz CT molecular complexity index is 347. The van der Waals surface area contributed by atoms with Gasteiger partial charge in [-0.3, -0.25) is 4.79 Å². The molecule has 14 heavy (non-hydrogen) atoms. The van der Waals surface area contributed by atoms with Gasteiger partial charge in [0.15, 0.2) is 5.78 Å². The van der Waals surface area contributed by atoms with Crippen LogP contribution in [0.3, 0.4) is 0 Å². The van der Waals surface area contributed by atoms with Gasteiger partial charge in [0.1, 0.15) is 6.10 Å². The fraction of sp³-hybridized carbons (Fsp3) is 0.400. The quantitative estimate of drug-likeness (QED) is 0.673. The fourth-order valence-corrected chi connectivity index (χ4v) is 1.15. The van der Waals surface area contributed by atoms with E-state index in [0.717, 1.165) is 0 Å². The summed E-state index contributed by atoms with van der Waals surface area (Å²) in [5.74, 6) is 0.508. The lowest BCUT2D eigenvalue weighted by molar-refractivity contribution is -0.0813. The van der Waals surface area contributed by atoms with E-state index in [1.807, 2.05) is 0 Å². The first-order valence-electron chi connectivity index (χ1n) is 4.47. The van der Waals surface area contributed by atoms with Crippen LogP contribution in [0.5, 0.6) is 5.88 Å². The lowest BCUT2D eigenvalue weighted by atomic mass is 10.2. The van der Waals surface area contributed by atoms with E-state index in [1.165, 1.54) is 6.92 Å². The number of nitrogens with zero attached hydrogens (tertiary/aromatic N) is 1. The van der Waals surface area contributed by atoms with Crippen molar-refractivity contribution in [3.63, 3.8) is 0 Å². The molecule has 1 aliphatic heterocycles. The molecule has 0 unspecified atom stereocenters. The van der Waals surface area contributed by atoms with Gasteiger partial charge in [-0.15, -0.1) is 0 Å². The lowest BCUT2D eigenvalue weighted by Gasteiger charge is -2.26. The van der Waals surface area contributed by atoms with Crippen LogP contribution in [-0.2, 0) is 4.74 Å². The largest absolute Gasteiger partial charge is 0.469 e. The van der Waals surface area contributed by atoms with E-state index in [1.54, 1.807) is 18.3 Å². The number of rotatable bonds is 3. The second-order valence-corrected chi connectivity index (χ2v) is 3.22. The Hall–Kier alpha value is -1.42. The maximum atomic E-state index is 11.1. The molecule has 0 N–H and O–H groups in total. The summed E-state index contributed by atoms with van der Waals surface area (Å²) in [7, 11) is 0. The van der Waals surface area contributed by atoms with E-state index in [-0.39, 0.29) is 11.9 Å². The standard InChI is InChI=1S/C10H11NO3/c1-7(12)8-2-3-11-10(4-8)14-9-5-13-6-9/h2-4,9H,5-6H2,1H3. The zero-order chi connectivity index (χ0) is 9.97. The van der Waals surface area contributed by atoms with Gasteiger partial charge in [-0.25, -0.2) is 4.98 Å². The summed E-state index contributed by atoms with van der Waals surface area (Å²) in [5, 5.41) is 0. The molecule has 0 aliphatic carbocycles. The molecule has 4 nitrogen and oxygen atoms in total. The Morgan fingerprint density at radius 3 is 3.00 bits per heavy atom. The third-order valence-electron chi connectivity index (χ3n) is 2.04. The number of ketones is 1. The summed E-state index contributed by atoms with van der Waals surface area (Å²) >= 11 is 0. The second kappa shape index (κ2) is 3.75. The van der Waals surface area contributed by atoms with Crippen LogP contribution in [0.1, 0.15) is 17.3 Å². The maximum Gasteiger partial charge on any atom is 0.214 e. The molecule has 0 atom stereocenters. The summed E-state index contributed by atoms with van der Waals surface area (Å²) < 4.78 is 10.4. The number of hydrogen-bond donors (Lipinski definition) is 0. The maximum absolute atomic E-state index is 11.1. The number of carbonyl (C=O) groups is 1. The van der Waals surface area contributed by atoms with E-state index in [2.05, 4.69) is 4.98 Å². The highest BCUT2D eigenvalue weighted by Crippen LogP contribution is 2.14. The molecule has 0 amide bonds. The van der Waals surface area contributed by atoms with Crippen molar-refractivity contribution in [1.82, 2.24) is 4.98 Å². The van der Waals surface area contributed by atoms with E-state index in [0.29, 0.717) is 24.7 Å². The van der Waals surface area contributed by atoms with Gasteiger partial charge in [-0.05, 0) is 13.0 Å². The van der Waals surface area contributed by atoms with Crippen molar-refractivity contribution in [3.05, 3.63) is 23.9 Å². The monoisotopic (exact) mass is 193 g/mol. The van der Waals surface area contributed by atoms with Crippen molar-refractivity contribution < 1.29 is 14.3 Å². The van der Waals surface area contributed by atoms with Gasteiger partial charge < -0.3 is 9.47 Å². The number of Topliss-reactive ketones (excluding diaryl/α,β-unsaturated/α-hetero) is 1.